The van der Waals surface area contributed by atoms with Gasteiger partial charge in [0.15, 0.2) is 5.82 Å². The third kappa shape index (κ3) is 3.25. The van der Waals surface area contributed by atoms with Gasteiger partial charge in [0, 0.05) is 12.4 Å². The zero-order chi connectivity index (χ0) is 13.9. The van der Waals surface area contributed by atoms with Crippen molar-refractivity contribution < 1.29 is 18.3 Å². The van der Waals surface area contributed by atoms with Gasteiger partial charge < -0.3 is 5.11 Å². The van der Waals surface area contributed by atoms with Gasteiger partial charge in [-0.2, -0.15) is 10.2 Å². The molecule has 19 heavy (non-hydrogen) atoms. The smallest absolute Gasteiger partial charge is 0.325 e. The minimum atomic E-state index is -3.86. The van der Waals surface area contributed by atoms with Gasteiger partial charge in [-0.3, -0.25) is 14.2 Å². The molecule has 2 aromatic heterocycles. The molecule has 0 unspecified atom stereocenters. The molecule has 0 aliphatic carbocycles. The topological polar surface area (TPSA) is 127 Å². The van der Waals surface area contributed by atoms with Crippen LogP contribution in [0, 0.1) is 0 Å². The standard InChI is InChI=1S/C9H9N5O4S/c15-9(16)6-14-5-7(4-11-14)19(17,18)13-8-2-1-3-10-12-8/h1-5H,6H2,(H,12,13)(H,15,16). The molecule has 0 saturated heterocycles. The first-order valence-corrected chi connectivity index (χ1v) is 6.50. The monoisotopic (exact) mass is 283 g/mol. The van der Waals surface area contributed by atoms with E-state index < -0.39 is 22.5 Å². The van der Waals surface area contributed by atoms with Crippen molar-refractivity contribution in [2.45, 2.75) is 11.4 Å². The number of nitrogens with zero attached hydrogens (tertiary/aromatic N) is 4. The summed E-state index contributed by atoms with van der Waals surface area (Å²) in [7, 11) is -3.86. The molecule has 2 rings (SSSR count). The maximum atomic E-state index is 11.9. The van der Waals surface area contributed by atoms with Crippen LogP contribution < -0.4 is 4.72 Å². The van der Waals surface area contributed by atoms with Gasteiger partial charge in [0.2, 0.25) is 0 Å². The molecule has 0 aliphatic heterocycles. The van der Waals surface area contributed by atoms with Crippen LogP contribution in [0.1, 0.15) is 0 Å². The van der Waals surface area contributed by atoms with Crippen LogP contribution >= 0.6 is 0 Å². The predicted octanol–water partition coefficient (Wildman–Crippen LogP) is -0.442. The summed E-state index contributed by atoms with van der Waals surface area (Å²) in [6, 6.07) is 2.96. The molecule has 10 heteroatoms. The Balaban J connectivity index is 2.20. The Hall–Kier alpha value is -2.49. The number of hydrogen-bond donors (Lipinski definition) is 2. The van der Waals surface area contributed by atoms with Crippen molar-refractivity contribution in [1.29, 1.82) is 0 Å². The molecule has 0 aliphatic rings. The lowest BCUT2D eigenvalue weighted by molar-refractivity contribution is -0.137. The van der Waals surface area contributed by atoms with Gasteiger partial charge in [-0.1, -0.05) is 0 Å². The second-order valence-corrected chi connectivity index (χ2v) is 5.16. The fourth-order valence-electron chi connectivity index (χ4n) is 1.26. The Morgan fingerprint density at radius 2 is 2.26 bits per heavy atom. The van der Waals surface area contributed by atoms with Gasteiger partial charge in [-0.05, 0) is 12.1 Å². The van der Waals surface area contributed by atoms with E-state index in [0.717, 1.165) is 17.1 Å². The van der Waals surface area contributed by atoms with Gasteiger partial charge >= 0.3 is 5.97 Å². The summed E-state index contributed by atoms with van der Waals surface area (Å²) in [5.74, 6) is -1.05. The number of carbonyl (C=O) groups is 1. The molecule has 0 aromatic carbocycles. The summed E-state index contributed by atoms with van der Waals surface area (Å²) in [5.41, 5.74) is 0. The summed E-state index contributed by atoms with van der Waals surface area (Å²) >= 11 is 0. The average Bonchev–Trinajstić information content (AvgIpc) is 2.78. The number of aromatic nitrogens is 4. The number of aliphatic carboxylic acids is 1. The lowest BCUT2D eigenvalue weighted by Crippen LogP contribution is -2.14. The van der Waals surface area contributed by atoms with E-state index in [1.165, 1.54) is 18.3 Å². The molecular weight excluding hydrogens is 274 g/mol. The summed E-state index contributed by atoms with van der Waals surface area (Å²) in [6.45, 7) is -0.416. The quantitative estimate of drug-likeness (QED) is 0.761. The molecular formula is C9H9N5O4S. The third-order valence-corrected chi connectivity index (χ3v) is 3.34. The molecule has 100 valence electrons. The van der Waals surface area contributed by atoms with E-state index in [9.17, 15) is 13.2 Å². The van der Waals surface area contributed by atoms with Crippen LogP contribution in [0.5, 0.6) is 0 Å². The Bertz CT molecular complexity index is 682. The first kappa shape index (κ1) is 13.0. The van der Waals surface area contributed by atoms with Crippen LogP contribution in [0.4, 0.5) is 5.82 Å². The second kappa shape index (κ2) is 5.02. The van der Waals surface area contributed by atoms with Crippen LogP contribution in [0.15, 0.2) is 35.6 Å². The zero-order valence-electron chi connectivity index (χ0n) is 9.46. The Labute approximate surface area is 107 Å². The highest BCUT2D eigenvalue weighted by Crippen LogP contribution is 2.12. The van der Waals surface area contributed by atoms with E-state index in [0.29, 0.717) is 0 Å². The SMILES string of the molecule is O=C(O)Cn1cc(S(=O)(=O)Nc2cccnn2)cn1. The fourth-order valence-corrected chi connectivity index (χ4v) is 2.21. The number of carboxylic acid groups (broad SMARTS) is 1. The van der Waals surface area contributed by atoms with Crippen molar-refractivity contribution in [3.8, 4) is 0 Å². The molecule has 0 amide bonds. The van der Waals surface area contributed by atoms with Gasteiger partial charge in [-0.15, -0.1) is 5.10 Å². The van der Waals surface area contributed by atoms with Crippen molar-refractivity contribution in [2.24, 2.45) is 0 Å². The number of hydrogen-bond acceptors (Lipinski definition) is 6. The van der Waals surface area contributed by atoms with Crippen molar-refractivity contribution in [1.82, 2.24) is 20.0 Å². The first-order valence-electron chi connectivity index (χ1n) is 5.02. The molecule has 0 saturated carbocycles. The van der Waals surface area contributed by atoms with E-state index >= 15 is 0 Å². The number of rotatable bonds is 5. The maximum Gasteiger partial charge on any atom is 0.325 e. The molecule has 0 spiro atoms. The summed E-state index contributed by atoms with van der Waals surface area (Å²) in [4.78, 5) is 10.3. The molecule has 2 aromatic rings. The van der Waals surface area contributed by atoms with E-state index in [1.54, 1.807) is 0 Å². The largest absolute Gasteiger partial charge is 0.480 e. The Morgan fingerprint density at radius 3 is 2.89 bits per heavy atom. The molecule has 2 N–H and O–H groups in total. The van der Waals surface area contributed by atoms with Gasteiger partial charge in [-0.25, -0.2) is 8.42 Å². The summed E-state index contributed by atoms with van der Waals surface area (Å²) < 4.78 is 27.0. The van der Waals surface area contributed by atoms with E-state index in [2.05, 4.69) is 20.0 Å². The van der Waals surface area contributed by atoms with Crippen LogP contribution in [0.2, 0.25) is 0 Å². The van der Waals surface area contributed by atoms with Crippen LogP contribution in [0.3, 0.4) is 0 Å². The normalized spacial score (nSPS) is 11.2. The minimum Gasteiger partial charge on any atom is -0.480 e. The van der Waals surface area contributed by atoms with Crippen molar-refractivity contribution in [3.63, 3.8) is 0 Å². The summed E-state index contributed by atoms with van der Waals surface area (Å²) in [6.07, 6.45) is 3.58. The molecule has 2 heterocycles. The van der Waals surface area contributed by atoms with Crippen molar-refractivity contribution >= 4 is 21.8 Å². The third-order valence-electron chi connectivity index (χ3n) is 2.03. The maximum absolute atomic E-state index is 11.9. The van der Waals surface area contributed by atoms with Crippen LogP contribution in [-0.2, 0) is 21.4 Å². The molecule has 0 radical (unpaired) electrons. The molecule has 9 nitrogen and oxygen atoms in total. The molecule has 0 fully saturated rings. The van der Waals surface area contributed by atoms with E-state index in [-0.39, 0.29) is 10.7 Å². The highest BCUT2D eigenvalue weighted by molar-refractivity contribution is 7.92. The number of sulfonamides is 1. The Morgan fingerprint density at radius 1 is 1.47 bits per heavy atom. The molecule has 0 bridgehead atoms. The van der Waals surface area contributed by atoms with Crippen LogP contribution in [-0.4, -0.2) is 39.5 Å². The number of anilines is 1. The molecule has 0 atom stereocenters. The van der Waals surface area contributed by atoms with Crippen LogP contribution in [0.25, 0.3) is 0 Å². The number of nitrogens with one attached hydrogen (secondary N) is 1. The summed E-state index contributed by atoms with van der Waals surface area (Å²) in [5, 5.41) is 19.3. The van der Waals surface area contributed by atoms with E-state index in [4.69, 9.17) is 5.11 Å². The highest BCUT2D eigenvalue weighted by atomic mass is 32.2. The predicted molar refractivity (Wildman–Crippen MR) is 62.7 cm³/mol. The average molecular weight is 283 g/mol. The van der Waals surface area contributed by atoms with E-state index in [1.807, 2.05) is 0 Å². The number of carboxylic acids is 1. The van der Waals surface area contributed by atoms with Gasteiger partial charge in [0.25, 0.3) is 10.0 Å². The zero-order valence-corrected chi connectivity index (χ0v) is 10.3. The highest BCUT2D eigenvalue weighted by Gasteiger charge is 2.17. The Kier molecular flexibility index (Phi) is 3.42. The lowest BCUT2D eigenvalue weighted by atomic mass is 10.6. The second-order valence-electron chi connectivity index (χ2n) is 3.48. The minimum absolute atomic E-state index is 0.0634. The van der Waals surface area contributed by atoms with Crippen molar-refractivity contribution in [3.05, 3.63) is 30.7 Å². The van der Waals surface area contributed by atoms with Gasteiger partial charge in [0.1, 0.15) is 11.4 Å². The first-order chi connectivity index (χ1) is 8.97. The fraction of sp³-hybridized carbons (Fsp3) is 0.111. The van der Waals surface area contributed by atoms with Crippen molar-refractivity contribution in [2.75, 3.05) is 4.72 Å². The van der Waals surface area contributed by atoms with Gasteiger partial charge in [0.05, 0.1) is 6.20 Å². The lowest BCUT2D eigenvalue weighted by Gasteiger charge is -2.03.